The summed E-state index contributed by atoms with van der Waals surface area (Å²) >= 11 is 0. The van der Waals surface area contributed by atoms with Gasteiger partial charge in [0.25, 0.3) is 11.8 Å². The number of aromatic hydroxyl groups is 1. The molecule has 0 saturated carbocycles. The zero-order valence-corrected chi connectivity index (χ0v) is 12.1. The van der Waals surface area contributed by atoms with Crippen molar-refractivity contribution in [2.75, 3.05) is 0 Å². The van der Waals surface area contributed by atoms with Crippen molar-refractivity contribution >= 4 is 22.7 Å². The third-order valence-corrected chi connectivity index (χ3v) is 3.38. The summed E-state index contributed by atoms with van der Waals surface area (Å²) < 4.78 is 26.5. The van der Waals surface area contributed by atoms with Gasteiger partial charge < -0.3 is 10.1 Å². The van der Waals surface area contributed by atoms with Crippen molar-refractivity contribution in [2.24, 2.45) is 0 Å². The van der Waals surface area contributed by atoms with Crippen LogP contribution >= 0.6 is 0 Å². The topological polar surface area (TPSA) is 94.2 Å². The molecule has 1 heterocycles. The molecule has 0 bridgehead atoms. The Morgan fingerprint density at radius 3 is 2.50 bits per heavy atom. The number of phenols is 1. The van der Waals surface area contributed by atoms with E-state index in [0.717, 1.165) is 5.52 Å². The minimum Gasteiger partial charge on any atom is -0.507 e. The van der Waals surface area contributed by atoms with Gasteiger partial charge in [-0.25, -0.2) is 8.78 Å². The zero-order chi connectivity index (χ0) is 17.3. The molecule has 0 aliphatic carbocycles. The van der Waals surface area contributed by atoms with E-state index in [1.807, 2.05) is 5.43 Å². The molecule has 2 amide bonds. The number of phenolic OH excluding ortho intramolecular Hbond substituents is 1. The Balaban J connectivity index is 1.76. The molecule has 6 nitrogen and oxygen atoms in total. The normalized spacial score (nSPS) is 10.6. The van der Waals surface area contributed by atoms with Crippen LogP contribution in [0.25, 0.3) is 10.9 Å². The highest BCUT2D eigenvalue weighted by molar-refractivity contribution is 6.07. The number of halogens is 2. The van der Waals surface area contributed by atoms with Crippen molar-refractivity contribution in [2.45, 2.75) is 0 Å². The molecule has 24 heavy (non-hydrogen) atoms. The number of para-hydroxylation sites is 1. The molecule has 2 aromatic carbocycles. The number of hydrazine groups is 1. The van der Waals surface area contributed by atoms with Crippen LogP contribution in [0, 0.1) is 11.6 Å². The van der Waals surface area contributed by atoms with Gasteiger partial charge in [-0.3, -0.25) is 20.4 Å². The number of aromatic nitrogens is 1. The van der Waals surface area contributed by atoms with Crippen molar-refractivity contribution in [1.29, 1.82) is 0 Å². The number of amides is 2. The van der Waals surface area contributed by atoms with Crippen LogP contribution in [0.1, 0.15) is 20.7 Å². The second-order valence-corrected chi connectivity index (χ2v) is 4.94. The molecule has 0 aliphatic rings. The second kappa shape index (κ2) is 5.99. The Morgan fingerprint density at radius 2 is 1.75 bits per heavy atom. The highest BCUT2D eigenvalue weighted by Crippen LogP contribution is 2.22. The van der Waals surface area contributed by atoms with E-state index in [1.54, 1.807) is 24.3 Å². The first-order chi connectivity index (χ1) is 11.5. The van der Waals surface area contributed by atoms with Crippen LogP contribution in [0.15, 0.2) is 42.6 Å². The van der Waals surface area contributed by atoms with E-state index < -0.39 is 34.8 Å². The Labute approximate surface area is 134 Å². The summed E-state index contributed by atoms with van der Waals surface area (Å²) in [4.78, 5) is 26.9. The third kappa shape index (κ3) is 2.76. The average molecular weight is 331 g/mol. The van der Waals surface area contributed by atoms with E-state index >= 15 is 0 Å². The maximum absolute atomic E-state index is 13.6. The van der Waals surface area contributed by atoms with E-state index in [0.29, 0.717) is 17.5 Å². The minimum atomic E-state index is -1.24. The van der Waals surface area contributed by atoms with Crippen LogP contribution in [0.3, 0.4) is 0 Å². The molecule has 0 fully saturated rings. The number of carbonyl (C=O) groups excluding carboxylic acids is 2. The number of rotatable bonds is 2. The molecule has 1 aromatic heterocycles. The van der Waals surface area contributed by atoms with Crippen LogP contribution in [0.2, 0.25) is 0 Å². The zero-order valence-electron chi connectivity index (χ0n) is 12.1. The smallest absolute Gasteiger partial charge is 0.276 e. The van der Waals surface area contributed by atoms with E-state index in [9.17, 15) is 23.5 Å². The minimum absolute atomic E-state index is 0.273. The van der Waals surface area contributed by atoms with Gasteiger partial charge in [0.05, 0.1) is 5.56 Å². The summed E-state index contributed by atoms with van der Waals surface area (Å²) in [5.41, 5.74) is 4.33. The van der Waals surface area contributed by atoms with Crippen molar-refractivity contribution in [3.05, 3.63) is 65.4 Å². The lowest BCUT2D eigenvalue weighted by molar-refractivity contribution is 0.0843. The standard InChI is InChI=1S/C16H11F2N3O3/c17-8-5-11(18)14(13(22)6-8)16(24)21-20-15(23)10-7-19-12-4-2-1-3-9(10)12/h1-7,19,22H,(H,20,23)(H,21,24). The maximum atomic E-state index is 13.6. The molecule has 0 saturated heterocycles. The molecular weight excluding hydrogens is 320 g/mol. The molecule has 0 radical (unpaired) electrons. The first-order valence-electron chi connectivity index (χ1n) is 6.82. The molecule has 0 spiro atoms. The molecule has 0 atom stereocenters. The summed E-state index contributed by atoms with van der Waals surface area (Å²) in [5, 5.41) is 10.1. The summed E-state index contributed by atoms with van der Waals surface area (Å²) in [6, 6.07) is 8.08. The number of fused-ring (bicyclic) bond motifs is 1. The van der Waals surface area contributed by atoms with E-state index in [4.69, 9.17) is 0 Å². The Bertz CT molecular complexity index is 930. The van der Waals surface area contributed by atoms with Gasteiger partial charge in [0.2, 0.25) is 0 Å². The van der Waals surface area contributed by atoms with Crippen molar-refractivity contribution in [3.8, 4) is 5.75 Å². The van der Waals surface area contributed by atoms with E-state index in [-0.39, 0.29) is 5.56 Å². The molecule has 4 N–H and O–H groups in total. The second-order valence-electron chi connectivity index (χ2n) is 4.94. The lowest BCUT2D eigenvalue weighted by Gasteiger charge is -2.09. The van der Waals surface area contributed by atoms with Crippen LogP contribution in [-0.4, -0.2) is 21.9 Å². The van der Waals surface area contributed by atoms with Crippen LogP contribution < -0.4 is 10.9 Å². The fourth-order valence-corrected chi connectivity index (χ4v) is 2.29. The lowest BCUT2D eigenvalue weighted by Crippen LogP contribution is -2.41. The summed E-state index contributed by atoms with van der Waals surface area (Å²) in [7, 11) is 0. The van der Waals surface area contributed by atoms with E-state index in [1.165, 1.54) is 6.20 Å². The van der Waals surface area contributed by atoms with Crippen LogP contribution in [0.5, 0.6) is 5.75 Å². The Hall–Kier alpha value is -3.42. The fourth-order valence-electron chi connectivity index (χ4n) is 2.29. The highest BCUT2D eigenvalue weighted by atomic mass is 19.1. The van der Waals surface area contributed by atoms with Gasteiger partial charge in [0, 0.05) is 29.2 Å². The summed E-state index contributed by atoms with van der Waals surface area (Å²) in [6.07, 6.45) is 1.46. The predicted molar refractivity (Wildman–Crippen MR) is 81.3 cm³/mol. The van der Waals surface area contributed by atoms with Crippen molar-refractivity contribution in [3.63, 3.8) is 0 Å². The molecule has 3 aromatic rings. The number of carbonyl (C=O) groups is 2. The summed E-state index contributed by atoms with van der Waals surface area (Å²) in [6.45, 7) is 0. The fraction of sp³-hybridized carbons (Fsp3) is 0. The van der Waals surface area contributed by atoms with Gasteiger partial charge >= 0.3 is 0 Å². The first-order valence-corrected chi connectivity index (χ1v) is 6.82. The van der Waals surface area contributed by atoms with Crippen molar-refractivity contribution in [1.82, 2.24) is 15.8 Å². The number of hydrogen-bond donors (Lipinski definition) is 4. The highest BCUT2D eigenvalue weighted by Gasteiger charge is 2.20. The van der Waals surface area contributed by atoms with E-state index in [2.05, 4.69) is 10.4 Å². The van der Waals surface area contributed by atoms with Gasteiger partial charge in [-0.2, -0.15) is 0 Å². The monoisotopic (exact) mass is 331 g/mol. The number of H-pyrrole nitrogens is 1. The molecule has 0 unspecified atom stereocenters. The molecule has 122 valence electrons. The number of aromatic amines is 1. The SMILES string of the molecule is O=C(NNC(=O)c1c[nH]c2ccccc12)c1c(O)cc(F)cc1F. The molecular formula is C16H11F2N3O3. The summed E-state index contributed by atoms with van der Waals surface area (Å²) in [5.74, 6) is -4.89. The van der Waals surface area contributed by atoms with Gasteiger partial charge in [0.15, 0.2) is 0 Å². The van der Waals surface area contributed by atoms with Crippen LogP contribution in [0.4, 0.5) is 8.78 Å². The molecule has 3 rings (SSSR count). The molecule has 0 aliphatic heterocycles. The maximum Gasteiger partial charge on any atom is 0.276 e. The van der Waals surface area contributed by atoms with Crippen molar-refractivity contribution < 1.29 is 23.5 Å². The van der Waals surface area contributed by atoms with Gasteiger partial charge in [-0.1, -0.05) is 18.2 Å². The average Bonchev–Trinajstić information content (AvgIpc) is 2.95. The third-order valence-electron chi connectivity index (χ3n) is 3.38. The Morgan fingerprint density at radius 1 is 1.04 bits per heavy atom. The number of nitrogens with one attached hydrogen (secondary N) is 3. The number of benzene rings is 2. The quantitative estimate of drug-likeness (QED) is 0.542. The predicted octanol–water partition coefficient (Wildman–Crippen LogP) is 2.23. The number of hydrogen-bond acceptors (Lipinski definition) is 3. The first kappa shape index (κ1) is 15.5. The largest absolute Gasteiger partial charge is 0.507 e. The van der Waals surface area contributed by atoms with Gasteiger partial charge in [0.1, 0.15) is 22.9 Å². The van der Waals surface area contributed by atoms with Crippen LogP contribution in [-0.2, 0) is 0 Å². The van der Waals surface area contributed by atoms with Gasteiger partial charge in [-0.15, -0.1) is 0 Å². The lowest BCUT2D eigenvalue weighted by atomic mass is 10.1. The Kier molecular flexibility index (Phi) is 3.87. The van der Waals surface area contributed by atoms with Gasteiger partial charge in [-0.05, 0) is 6.07 Å². The molecule has 8 heteroatoms.